The molecule has 2 heterocycles. The number of carbonyl (C=O) groups excluding carboxylic acids is 1. The fraction of sp³-hybridized carbons (Fsp3) is 0.733. The maximum absolute atomic E-state index is 12.3. The van der Waals surface area contributed by atoms with E-state index in [1.54, 1.807) is 0 Å². The van der Waals surface area contributed by atoms with Crippen molar-refractivity contribution in [2.75, 3.05) is 26.3 Å². The summed E-state index contributed by atoms with van der Waals surface area (Å²) in [4.78, 5) is 14.8. The predicted molar refractivity (Wildman–Crippen MR) is 77.1 cm³/mol. The molecule has 116 valence electrons. The first-order valence-electron chi connectivity index (χ1n) is 7.79. The molecule has 2 unspecified atom stereocenters. The number of nitrogens with zero attached hydrogens (tertiary/aromatic N) is 2. The van der Waals surface area contributed by atoms with Gasteiger partial charge in [0.25, 0.3) is 5.91 Å². The Morgan fingerprint density at radius 1 is 1.33 bits per heavy atom. The number of hydrogen-bond donors (Lipinski definition) is 1. The molecule has 6 heteroatoms. The maximum atomic E-state index is 12.3. The zero-order valence-electron chi connectivity index (χ0n) is 12.5. The Hall–Kier alpha value is -1.40. The number of aryl methyl sites for hydroxylation is 1. The van der Waals surface area contributed by atoms with Crippen molar-refractivity contribution in [3.63, 3.8) is 0 Å². The lowest BCUT2D eigenvalue weighted by Gasteiger charge is -2.41. The number of hydrogen-bond acceptors (Lipinski definition) is 5. The molecule has 0 bridgehead atoms. The Bertz CT molecular complexity index is 482. The Balaban J connectivity index is 1.66. The molecular formula is C15H23N3O3. The van der Waals surface area contributed by atoms with Crippen LogP contribution in [-0.2, 0) is 4.74 Å². The zero-order valence-corrected chi connectivity index (χ0v) is 12.5. The summed E-state index contributed by atoms with van der Waals surface area (Å²) >= 11 is 0. The van der Waals surface area contributed by atoms with Gasteiger partial charge in [-0.2, -0.15) is 0 Å². The summed E-state index contributed by atoms with van der Waals surface area (Å²) in [5, 5.41) is 6.96. The molecule has 0 spiro atoms. The van der Waals surface area contributed by atoms with Crippen molar-refractivity contribution in [3.05, 3.63) is 17.5 Å². The van der Waals surface area contributed by atoms with Crippen molar-refractivity contribution in [2.45, 2.75) is 44.7 Å². The molecule has 0 aromatic carbocycles. The first-order chi connectivity index (χ1) is 10.3. The van der Waals surface area contributed by atoms with Gasteiger partial charge in [-0.3, -0.25) is 9.69 Å². The molecule has 2 aliphatic rings. The van der Waals surface area contributed by atoms with Gasteiger partial charge in [0, 0.05) is 30.7 Å². The minimum atomic E-state index is -0.119. The molecule has 0 radical (unpaired) electrons. The van der Waals surface area contributed by atoms with Gasteiger partial charge in [0.1, 0.15) is 6.26 Å². The second kappa shape index (κ2) is 6.58. The molecule has 1 aliphatic heterocycles. The Labute approximate surface area is 124 Å². The highest BCUT2D eigenvalue weighted by molar-refractivity contribution is 5.93. The van der Waals surface area contributed by atoms with E-state index in [2.05, 4.69) is 15.4 Å². The molecule has 1 aromatic heterocycles. The number of carbonyl (C=O) groups is 1. The minimum absolute atomic E-state index is 0.119. The van der Waals surface area contributed by atoms with Crippen molar-refractivity contribution in [1.29, 1.82) is 0 Å². The SMILES string of the molecule is Cc1conc1C(=O)NC1CCCCC1N1CCOCC1. The number of aromatic nitrogens is 1. The van der Waals surface area contributed by atoms with Gasteiger partial charge in [-0.05, 0) is 19.8 Å². The van der Waals surface area contributed by atoms with Crippen LogP contribution in [0, 0.1) is 6.92 Å². The molecular weight excluding hydrogens is 270 g/mol. The lowest BCUT2D eigenvalue weighted by molar-refractivity contribution is 0.0000864. The van der Waals surface area contributed by atoms with Crippen LogP contribution in [0.3, 0.4) is 0 Å². The summed E-state index contributed by atoms with van der Waals surface area (Å²) in [6.45, 7) is 5.34. The lowest BCUT2D eigenvalue weighted by atomic mass is 9.88. The summed E-state index contributed by atoms with van der Waals surface area (Å²) < 4.78 is 10.3. The zero-order chi connectivity index (χ0) is 14.7. The van der Waals surface area contributed by atoms with Crippen LogP contribution in [0.4, 0.5) is 0 Å². The first-order valence-corrected chi connectivity index (χ1v) is 7.79. The first kappa shape index (κ1) is 14.5. The fourth-order valence-corrected chi connectivity index (χ4v) is 3.37. The van der Waals surface area contributed by atoms with E-state index < -0.39 is 0 Å². The van der Waals surface area contributed by atoms with Crippen LogP contribution in [0.15, 0.2) is 10.8 Å². The van der Waals surface area contributed by atoms with Crippen LogP contribution < -0.4 is 5.32 Å². The van der Waals surface area contributed by atoms with Crippen molar-refractivity contribution in [1.82, 2.24) is 15.4 Å². The van der Waals surface area contributed by atoms with Gasteiger partial charge in [-0.15, -0.1) is 0 Å². The molecule has 21 heavy (non-hydrogen) atoms. The van der Waals surface area contributed by atoms with Crippen molar-refractivity contribution in [2.24, 2.45) is 0 Å². The fourth-order valence-electron chi connectivity index (χ4n) is 3.37. The Morgan fingerprint density at radius 3 is 2.81 bits per heavy atom. The quantitative estimate of drug-likeness (QED) is 0.911. The van der Waals surface area contributed by atoms with Gasteiger partial charge in [-0.1, -0.05) is 18.0 Å². The van der Waals surface area contributed by atoms with E-state index in [4.69, 9.17) is 9.26 Å². The second-order valence-electron chi connectivity index (χ2n) is 5.93. The summed E-state index contributed by atoms with van der Waals surface area (Å²) in [7, 11) is 0. The Kier molecular flexibility index (Phi) is 4.55. The van der Waals surface area contributed by atoms with Crippen LogP contribution in [0.1, 0.15) is 41.7 Å². The van der Waals surface area contributed by atoms with Crippen LogP contribution >= 0.6 is 0 Å². The van der Waals surface area contributed by atoms with Crippen molar-refractivity contribution < 1.29 is 14.1 Å². The average molecular weight is 293 g/mol. The summed E-state index contributed by atoms with van der Waals surface area (Å²) in [6.07, 6.45) is 6.09. The van der Waals surface area contributed by atoms with E-state index in [1.807, 2.05) is 6.92 Å². The Morgan fingerprint density at radius 2 is 2.10 bits per heavy atom. The third-order valence-electron chi connectivity index (χ3n) is 4.52. The maximum Gasteiger partial charge on any atom is 0.274 e. The molecule has 1 saturated heterocycles. The van der Waals surface area contributed by atoms with Crippen molar-refractivity contribution in [3.8, 4) is 0 Å². The van der Waals surface area contributed by atoms with E-state index in [0.29, 0.717) is 11.7 Å². The van der Waals surface area contributed by atoms with Gasteiger partial charge in [0.15, 0.2) is 5.69 Å². The molecule has 6 nitrogen and oxygen atoms in total. The van der Waals surface area contributed by atoms with Crippen LogP contribution in [0.25, 0.3) is 0 Å². The minimum Gasteiger partial charge on any atom is -0.379 e. The van der Waals surface area contributed by atoms with E-state index in [9.17, 15) is 4.79 Å². The van der Waals surface area contributed by atoms with E-state index in [-0.39, 0.29) is 11.9 Å². The molecule has 1 amide bonds. The van der Waals surface area contributed by atoms with Crippen molar-refractivity contribution >= 4 is 5.91 Å². The van der Waals surface area contributed by atoms with Gasteiger partial charge in [0.05, 0.1) is 13.2 Å². The third-order valence-corrected chi connectivity index (χ3v) is 4.52. The van der Waals surface area contributed by atoms with E-state index >= 15 is 0 Å². The van der Waals surface area contributed by atoms with Crippen LogP contribution in [0.5, 0.6) is 0 Å². The van der Waals surface area contributed by atoms with Gasteiger partial charge in [0.2, 0.25) is 0 Å². The van der Waals surface area contributed by atoms with Gasteiger partial charge >= 0.3 is 0 Å². The number of nitrogens with one attached hydrogen (secondary N) is 1. The monoisotopic (exact) mass is 293 g/mol. The molecule has 2 fully saturated rings. The molecule has 2 atom stereocenters. The number of amides is 1. The third kappa shape index (κ3) is 3.27. The largest absolute Gasteiger partial charge is 0.379 e. The van der Waals surface area contributed by atoms with Gasteiger partial charge < -0.3 is 14.6 Å². The number of ether oxygens (including phenoxy) is 1. The average Bonchev–Trinajstić information content (AvgIpc) is 2.95. The standard InChI is InChI=1S/C15H23N3O3/c1-11-10-21-17-14(11)15(19)16-12-4-2-3-5-13(12)18-6-8-20-9-7-18/h10,12-13H,2-9H2,1H3,(H,16,19). The van der Waals surface area contributed by atoms with E-state index in [1.165, 1.54) is 19.1 Å². The van der Waals surface area contributed by atoms with Gasteiger partial charge in [-0.25, -0.2) is 0 Å². The van der Waals surface area contributed by atoms with E-state index in [0.717, 1.165) is 44.7 Å². The molecule has 1 saturated carbocycles. The molecule has 1 aliphatic carbocycles. The molecule has 3 rings (SSSR count). The van der Waals surface area contributed by atoms with Crippen LogP contribution in [0.2, 0.25) is 0 Å². The number of rotatable bonds is 3. The van der Waals surface area contributed by atoms with Crippen LogP contribution in [-0.4, -0.2) is 54.4 Å². The second-order valence-corrected chi connectivity index (χ2v) is 5.93. The summed E-state index contributed by atoms with van der Waals surface area (Å²) in [5.74, 6) is -0.119. The predicted octanol–water partition coefficient (Wildman–Crippen LogP) is 1.36. The summed E-state index contributed by atoms with van der Waals surface area (Å²) in [6, 6.07) is 0.610. The normalized spacial score (nSPS) is 27.5. The topological polar surface area (TPSA) is 67.6 Å². The smallest absolute Gasteiger partial charge is 0.274 e. The highest BCUT2D eigenvalue weighted by atomic mass is 16.5. The highest BCUT2D eigenvalue weighted by Crippen LogP contribution is 2.24. The summed E-state index contributed by atoms with van der Waals surface area (Å²) in [5.41, 5.74) is 1.19. The molecule has 1 aromatic rings. The molecule has 1 N–H and O–H groups in total. The number of morpholine rings is 1. The highest BCUT2D eigenvalue weighted by Gasteiger charge is 2.32. The lowest BCUT2D eigenvalue weighted by Crippen LogP contribution is -2.56.